The molecule has 0 aliphatic carbocycles. The van der Waals surface area contributed by atoms with Crippen LogP contribution in [0.1, 0.15) is 36.3 Å². The smallest absolute Gasteiger partial charge is 0.266 e. The van der Waals surface area contributed by atoms with Gasteiger partial charge in [0.2, 0.25) is 0 Å². The zero-order valence-corrected chi connectivity index (χ0v) is 15.6. The monoisotopic (exact) mass is 402 g/mol. The summed E-state index contributed by atoms with van der Waals surface area (Å²) in [6.07, 6.45) is -2.90. The summed E-state index contributed by atoms with van der Waals surface area (Å²) in [6.45, 7) is 3.28. The van der Waals surface area contributed by atoms with Crippen molar-refractivity contribution >= 4 is 28.3 Å². The van der Waals surface area contributed by atoms with Crippen LogP contribution >= 0.6 is 0 Å². The summed E-state index contributed by atoms with van der Waals surface area (Å²) < 4.78 is 46.0. The molecule has 0 radical (unpaired) electrons. The molecule has 1 atom stereocenters. The lowest BCUT2D eigenvalue weighted by Gasteiger charge is -2.21. The highest BCUT2D eigenvalue weighted by Gasteiger charge is 2.22. The second-order valence-corrected chi connectivity index (χ2v) is 6.74. The number of amides is 1. The number of carbonyl (C=O) groups is 1. The molecule has 4 rings (SSSR count). The van der Waals surface area contributed by atoms with Gasteiger partial charge in [0.05, 0.1) is 22.8 Å². The molecule has 2 aromatic carbocycles. The highest BCUT2D eigenvalue weighted by Crippen LogP contribution is 2.36. The topological polar surface area (TPSA) is 76.1 Å². The fourth-order valence-corrected chi connectivity index (χ4v) is 3.28. The number of nitrogens with one attached hydrogen (secondary N) is 2. The van der Waals surface area contributed by atoms with Gasteiger partial charge in [0, 0.05) is 17.0 Å². The van der Waals surface area contributed by atoms with Crippen LogP contribution in [-0.4, -0.2) is 22.5 Å². The molecular weight excluding hydrogens is 385 g/mol. The van der Waals surface area contributed by atoms with Crippen LogP contribution < -0.4 is 15.4 Å². The van der Waals surface area contributed by atoms with Gasteiger partial charge in [-0.3, -0.25) is 4.79 Å². The van der Waals surface area contributed by atoms with E-state index in [0.29, 0.717) is 34.0 Å². The maximum atomic E-state index is 14.5. The number of carbonyl (C=O) groups excluding carboxylic acids is 1. The Morgan fingerprint density at radius 3 is 2.72 bits per heavy atom. The number of ether oxygens (including phenoxy) is 1. The summed E-state index contributed by atoms with van der Waals surface area (Å²) in [5.41, 5.74) is 0.502. The van der Waals surface area contributed by atoms with Crippen molar-refractivity contribution in [3.63, 3.8) is 0 Å². The van der Waals surface area contributed by atoms with Crippen molar-refractivity contribution in [2.45, 2.75) is 26.3 Å². The van der Waals surface area contributed by atoms with Crippen LogP contribution in [0.25, 0.3) is 10.9 Å². The van der Waals surface area contributed by atoms with E-state index in [9.17, 15) is 18.0 Å². The van der Waals surface area contributed by atoms with E-state index in [-0.39, 0.29) is 18.1 Å². The number of nitrogens with zero attached hydrogens (tertiary/aromatic N) is 2. The maximum absolute atomic E-state index is 14.5. The number of fused-ring (bicyclic) bond motifs is 2. The summed E-state index contributed by atoms with van der Waals surface area (Å²) >= 11 is 0. The van der Waals surface area contributed by atoms with Gasteiger partial charge in [0.25, 0.3) is 12.3 Å². The van der Waals surface area contributed by atoms with Crippen LogP contribution in [0.4, 0.5) is 24.7 Å². The highest BCUT2D eigenvalue weighted by molar-refractivity contribution is 6.01. The molecule has 1 aromatic heterocycles. The van der Waals surface area contributed by atoms with Crippen molar-refractivity contribution in [3.8, 4) is 5.75 Å². The Balaban J connectivity index is 1.75. The first-order valence-electron chi connectivity index (χ1n) is 8.91. The van der Waals surface area contributed by atoms with Gasteiger partial charge >= 0.3 is 0 Å². The van der Waals surface area contributed by atoms with Gasteiger partial charge < -0.3 is 15.4 Å². The predicted molar refractivity (Wildman–Crippen MR) is 102 cm³/mol. The Kier molecular flexibility index (Phi) is 4.73. The van der Waals surface area contributed by atoms with Crippen molar-refractivity contribution in [1.82, 2.24) is 9.97 Å². The Bertz CT molecular complexity index is 1120. The quantitative estimate of drug-likeness (QED) is 0.671. The molecule has 150 valence electrons. The minimum absolute atomic E-state index is 0.0789. The molecule has 0 saturated carbocycles. The van der Waals surface area contributed by atoms with Crippen LogP contribution in [-0.2, 0) is 4.79 Å². The third kappa shape index (κ3) is 3.55. The summed E-state index contributed by atoms with van der Waals surface area (Å²) in [5.74, 6) is 0.123. The molecule has 1 amide bonds. The van der Waals surface area contributed by atoms with E-state index in [1.54, 1.807) is 26.0 Å². The Hall–Kier alpha value is -3.36. The van der Waals surface area contributed by atoms with E-state index >= 15 is 0 Å². The minimum Gasteiger partial charge on any atom is -0.482 e. The van der Waals surface area contributed by atoms with E-state index < -0.39 is 23.8 Å². The third-order valence-electron chi connectivity index (χ3n) is 4.66. The molecule has 1 aliphatic rings. The number of anilines is 2. The summed E-state index contributed by atoms with van der Waals surface area (Å²) in [7, 11) is 0. The van der Waals surface area contributed by atoms with Crippen LogP contribution in [0.5, 0.6) is 5.75 Å². The normalized spacial score (nSPS) is 14.3. The zero-order chi connectivity index (χ0) is 20.7. The zero-order valence-electron chi connectivity index (χ0n) is 15.6. The molecule has 2 heterocycles. The van der Waals surface area contributed by atoms with Crippen molar-refractivity contribution in [2.24, 2.45) is 0 Å². The number of benzene rings is 2. The standard InChI is InChI=1S/C20H17F3N4O2/c1-9(11-4-3-5-12(18(11)21)19(22)23)24-20-13-6-15-16(29-8-17(28)27-15)7-14(13)25-10(2)26-20/h3-7,9,19H,8H2,1-2H3,(H,27,28)(H,24,25,26). The molecule has 2 N–H and O–H groups in total. The third-order valence-corrected chi connectivity index (χ3v) is 4.66. The van der Waals surface area contributed by atoms with Gasteiger partial charge in [-0.25, -0.2) is 23.1 Å². The van der Waals surface area contributed by atoms with Crippen LogP contribution in [0.3, 0.4) is 0 Å². The first kappa shape index (κ1) is 19.0. The van der Waals surface area contributed by atoms with E-state index in [4.69, 9.17) is 4.74 Å². The fourth-order valence-electron chi connectivity index (χ4n) is 3.28. The van der Waals surface area contributed by atoms with Crippen LogP contribution in [0.15, 0.2) is 30.3 Å². The van der Waals surface area contributed by atoms with E-state index in [1.807, 2.05) is 0 Å². The number of aryl methyl sites for hydroxylation is 1. The average molecular weight is 402 g/mol. The van der Waals surface area contributed by atoms with Gasteiger partial charge in [0.15, 0.2) is 6.61 Å². The van der Waals surface area contributed by atoms with Crippen molar-refractivity contribution in [2.75, 3.05) is 17.2 Å². The Morgan fingerprint density at radius 1 is 1.21 bits per heavy atom. The van der Waals surface area contributed by atoms with E-state index in [2.05, 4.69) is 20.6 Å². The fraction of sp³-hybridized carbons (Fsp3) is 0.250. The van der Waals surface area contributed by atoms with Crippen molar-refractivity contribution in [3.05, 3.63) is 53.1 Å². The molecule has 6 nitrogen and oxygen atoms in total. The minimum atomic E-state index is -2.90. The van der Waals surface area contributed by atoms with Gasteiger partial charge in [-0.05, 0) is 19.9 Å². The van der Waals surface area contributed by atoms with Gasteiger partial charge in [-0.15, -0.1) is 0 Å². The van der Waals surface area contributed by atoms with Crippen molar-refractivity contribution in [1.29, 1.82) is 0 Å². The average Bonchev–Trinajstić information content (AvgIpc) is 2.66. The second kappa shape index (κ2) is 7.23. The predicted octanol–water partition coefficient (Wildman–Crippen LogP) is 4.52. The molecular formula is C20H17F3N4O2. The number of aromatic nitrogens is 2. The molecule has 3 aromatic rings. The maximum Gasteiger partial charge on any atom is 0.266 e. The molecule has 0 bridgehead atoms. The molecule has 29 heavy (non-hydrogen) atoms. The highest BCUT2D eigenvalue weighted by atomic mass is 19.3. The number of alkyl halides is 2. The first-order chi connectivity index (χ1) is 13.8. The van der Waals surface area contributed by atoms with E-state index in [0.717, 1.165) is 6.07 Å². The molecule has 1 unspecified atom stereocenters. The van der Waals surface area contributed by atoms with Crippen LogP contribution in [0.2, 0.25) is 0 Å². The Labute approximate surface area is 164 Å². The van der Waals surface area contributed by atoms with E-state index in [1.165, 1.54) is 12.1 Å². The largest absolute Gasteiger partial charge is 0.482 e. The SMILES string of the molecule is Cc1nc(NC(C)c2cccc(C(F)F)c2F)c2cc3c(cc2n1)OCC(=O)N3. The molecule has 9 heteroatoms. The lowest BCUT2D eigenvalue weighted by Crippen LogP contribution is -2.25. The van der Waals surface area contributed by atoms with Crippen molar-refractivity contribution < 1.29 is 22.7 Å². The first-order valence-corrected chi connectivity index (χ1v) is 8.91. The number of halogens is 3. The lowest BCUT2D eigenvalue weighted by atomic mass is 10.0. The summed E-state index contributed by atoms with van der Waals surface area (Å²) in [4.78, 5) is 20.4. The van der Waals surface area contributed by atoms with Crippen LogP contribution in [0, 0.1) is 12.7 Å². The Morgan fingerprint density at radius 2 is 1.97 bits per heavy atom. The van der Waals surface area contributed by atoms with Gasteiger partial charge in [-0.1, -0.05) is 18.2 Å². The molecule has 0 fully saturated rings. The second-order valence-electron chi connectivity index (χ2n) is 6.74. The lowest BCUT2D eigenvalue weighted by molar-refractivity contribution is -0.118. The summed E-state index contributed by atoms with van der Waals surface area (Å²) in [5, 5.41) is 6.38. The number of rotatable bonds is 4. The molecule has 1 aliphatic heterocycles. The molecule has 0 saturated heterocycles. The number of hydrogen-bond acceptors (Lipinski definition) is 5. The van der Waals surface area contributed by atoms with Gasteiger partial charge in [0.1, 0.15) is 23.2 Å². The van der Waals surface area contributed by atoms with Gasteiger partial charge in [-0.2, -0.15) is 0 Å². The number of hydrogen-bond donors (Lipinski definition) is 2. The molecule has 0 spiro atoms. The summed E-state index contributed by atoms with van der Waals surface area (Å²) in [6, 6.07) is 6.62.